The summed E-state index contributed by atoms with van der Waals surface area (Å²) in [6.45, 7) is 1.40. The van der Waals surface area contributed by atoms with Crippen LogP contribution >= 0.6 is 11.8 Å². The van der Waals surface area contributed by atoms with E-state index >= 15 is 0 Å². The largest absolute Gasteiger partial charge is 0.387 e. The fourth-order valence-electron chi connectivity index (χ4n) is 1.86. The highest BCUT2D eigenvalue weighted by molar-refractivity contribution is 8.00. The molecule has 2 rings (SSSR count). The number of aliphatic hydroxyl groups excluding tert-OH is 1. The predicted molar refractivity (Wildman–Crippen MR) is 69.7 cm³/mol. The Balaban J connectivity index is 1.79. The molecule has 17 heavy (non-hydrogen) atoms. The molecule has 1 aliphatic rings. The zero-order valence-corrected chi connectivity index (χ0v) is 10.8. The average molecular weight is 255 g/mol. The fourth-order valence-corrected chi connectivity index (χ4v) is 2.62. The summed E-state index contributed by atoms with van der Waals surface area (Å²) >= 11 is 1.88. The molecule has 0 heterocycles. The molecule has 0 bridgehead atoms. The van der Waals surface area contributed by atoms with Crippen LogP contribution in [0.1, 0.15) is 24.5 Å². The summed E-state index contributed by atoms with van der Waals surface area (Å²) in [5.74, 6) is -0.302. The van der Waals surface area contributed by atoms with Crippen LogP contribution in [0.5, 0.6) is 0 Å². The number of hydrogen-bond donors (Lipinski definition) is 2. The lowest BCUT2D eigenvalue weighted by Gasteiger charge is -2.16. The molecule has 94 valence electrons. The SMILES string of the molecule is CSC1(CNCC(O)c2cccc(F)c2)CC1. The van der Waals surface area contributed by atoms with E-state index in [4.69, 9.17) is 0 Å². The highest BCUT2D eigenvalue weighted by atomic mass is 32.2. The molecule has 1 aromatic rings. The van der Waals surface area contributed by atoms with Gasteiger partial charge in [-0.05, 0) is 36.8 Å². The lowest BCUT2D eigenvalue weighted by atomic mass is 10.1. The second kappa shape index (κ2) is 5.38. The Hall–Kier alpha value is -0.580. The van der Waals surface area contributed by atoms with Crippen molar-refractivity contribution in [1.29, 1.82) is 0 Å². The van der Waals surface area contributed by atoms with Crippen LogP contribution in [-0.2, 0) is 0 Å². The van der Waals surface area contributed by atoms with Crippen molar-refractivity contribution in [2.75, 3.05) is 19.3 Å². The molecule has 2 nitrogen and oxygen atoms in total. The lowest BCUT2D eigenvalue weighted by Crippen LogP contribution is -2.29. The van der Waals surface area contributed by atoms with Gasteiger partial charge in [0.15, 0.2) is 0 Å². The molecule has 0 aromatic heterocycles. The minimum atomic E-state index is -0.636. The van der Waals surface area contributed by atoms with Crippen LogP contribution in [-0.4, -0.2) is 29.2 Å². The summed E-state index contributed by atoms with van der Waals surface area (Å²) in [4.78, 5) is 0. The molecule has 0 spiro atoms. The van der Waals surface area contributed by atoms with Crippen LogP contribution in [0.3, 0.4) is 0 Å². The quantitative estimate of drug-likeness (QED) is 0.818. The minimum Gasteiger partial charge on any atom is -0.387 e. The number of nitrogens with one attached hydrogen (secondary N) is 1. The number of aliphatic hydroxyl groups is 1. The topological polar surface area (TPSA) is 32.3 Å². The Morgan fingerprint density at radius 1 is 1.53 bits per heavy atom. The van der Waals surface area contributed by atoms with E-state index in [1.807, 2.05) is 11.8 Å². The fraction of sp³-hybridized carbons (Fsp3) is 0.538. The van der Waals surface area contributed by atoms with Gasteiger partial charge in [0.25, 0.3) is 0 Å². The number of benzene rings is 1. The van der Waals surface area contributed by atoms with E-state index in [0.29, 0.717) is 16.9 Å². The van der Waals surface area contributed by atoms with Gasteiger partial charge >= 0.3 is 0 Å². The van der Waals surface area contributed by atoms with Gasteiger partial charge < -0.3 is 10.4 Å². The Kier molecular flexibility index (Phi) is 4.07. The van der Waals surface area contributed by atoms with Gasteiger partial charge in [-0.25, -0.2) is 4.39 Å². The Bertz CT molecular complexity index is 381. The molecule has 1 atom stereocenters. The Morgan fingerprint density at radius 2 is 2.29 bits per heavy atom. The molecule has 0 aliphatic heterocycles. The summed E-state index contributed by atoms with van der Waals surface area (Å²) < 4.78 is 13.4. The van der Waals surface area contributed by atoms with Gasteiger partial charge in [0, 0.05) is 17.8 Å². The Labute approximate surface area is 106 Å². The molecule has 2 N–H and O–H groups in total. The molecule has 1 saturated carbocycles. The molecule has 1 aliphatic carbocycles. The van der Waals surface area contributed by atoms with E-state index in [2.05, 4.69) is 11.6 Å². The van der Waals surface area contributed by atoms with E-state index in [-0.39, 0.29) is 5.82 Å². The Morgan fingerprint density at radius 3 is 2.88 bits per heavy atom. The zero-order chi connectivity index (χ0) is 12.3. The maximum atomic E-state index is 13.0. The smallest absolute Gasteiger partial charge is 0.123 e. The summed E-state index contributed by atoms with van der Waals surface area (Å²) in [6.07, 6.45) is 3.98. The summed E-state index contributed by atoms with van der Waals surface area (Å²) in [6, 6.07) is 6.14. The first kappa shape index (κ1) is 12.9. The molecule has 0 radical (unpaired) electrons. The first-order valence-electron chi connectivity index (χ1n) is 5.85. The van der Waals surface area contributed by atoms with Crippen LogP contribution in [0.15, 0.2) is 24.3 Å². The second-order valence-electron chi connectivity index (χ2n) is 4.59. The van der Waals surface area contributed by atoms with Gasteiger partial charge in [-0.2, -0.15) is 11.8 Å². The molecule has 0 amide bonds. The number of halogens is 1. The van der Waals surface area contributed by atoms with Crippen molar-refractivity contribution in [2.24, 2.45) is 0 Å². The third kappa shape index (κ3) is 3.44. The lowest BCUT2D eigenvalue weighted by molar-refractivity contribution is 0.174. The number of thioether (sulfide) groups is 1. The molecule has 1 unspecified atom stereocenters. The molecule has 1 fully saturated rings. The van der Waals surface area contributed by atoms with E-state index in [9.17, 15) is 9.50 Å². The van der Waals surface area contributed by atoms with Gasteiger partial charge in [0.1, 0.15) is 5.82 Å². The summed E-state index contributed by atoms with van der Waals surface area (Å²) in [5.41, 5.74) is 0.631. The van der Waals surface area contributed by atoms with Gasteiger partial charge in [0.2, 0.25) is 0 Å². The van der Waals surface area contributed by atoms with E-state index < -0.39 is 6.10 Å². The van der Waals surface area contributed by atoms with E-state index in [1.165, 1.54) is 25.0 Å². The minimum absolute atomic E-state index is 0.302. The third-order valence-corrected chi connectivity index (χ3v) is 4.68. The van der Waals surface area contributed by atoms with E-state index in [1.54, 1.807) is 12.1 Å². The van der Waals surface area contributed by atoms with Gasteiger partial charge in [-0.15, -0.1) is 0 Å². The summed E-state index contributed by atoms with van der Waals surface area (Å²) in [5, 5.41) is 13.2. The van der Waals surface area contributed by atoms with Crippen LogP contribution in [0.25, 0.3) is 0 Å². The normalized spacial score (nSPS) is 19.0. The highest BCUT2D eigenvalue weighted by Crippen LogP contribution is 2.46. The standard InChI is InChI=1S/C13H18FNOS/c1-17-13(5-6-13)9-15-8-12(16)10-3-2-4-11(14)7-10/h2-4,7,12,15-16H,5-6,8-9H2,1H3. The maximum absolute atomic E-state index is 13.0. The van der Waals surface area contributed by atoms with Crippen LogP contribution in [0, 0.1) is 5.82 Å². The highest BCUT2D eigenvalue weighted by Gasteiger charge is 2.41. The number of hydrogen-bond acceptors (Lipinski definition) is 3. The number of rotatable bonds is 6. The molecule has 0 saturated heterocycles. The second-order valence-corrected chi connectivity index (χ2v) is 5.86. The zero-order valence-electron chi connectivity index (χ0n) is 9.95. The van der Waals surface area contributed by atoms with Crippen LogP contribution < -0.4 is 5.32 Å². The summed E-state index contributed by atoms with van der Waals surface area (Å²) in [7, 11) is 0. The van der Waals surface area contributed by atoms with Crippen molar-refractivity contribution in [3.8, 4) is 0 Å². The maximum Gasteiger partial charge on any atom is 0.123 e. The van der Waals surface area contributed by atoms with Crippen molar-refractivity contribution < 1.29 is 9.50 Å². The van der Waals surface area contributed by atoms with Crippen molar-refractivity contribution >= 4 is 11.8 Å². The van der Waals surface area contributed by atoms with Gasteiger partial charge in [-0.1, -0.05) is 12.1 Å². The van der Waals surface area contributed by atoms with E-state index in [0.717, 1.165) is 6.54 Å². The van der Waals surface area contributed by atoms with Crippen molar-refractivity contribution in [3.63, 3.8) is 0 Å². The van der Waals surface area contributed by atoms with Crippen molar-refractivity contribution in [3.05, 3.63) is 35.6 Å². The van der Waals surface area contributed by atoms with Gasteiger partial charge in [-0.3, -0.25) is 0 Å². The molecular weight excluding hydrogens is 237 g/mol. The average Bonchev–Trinajstić information content (AvgIpc) is 3.10. The van der Waals surface area contributed by atoms with Crippen LogP contribution in [0.4, 0.5) is 4.39 Å². The van der Waals surface area contributed by atoms with Crippen molar-refractivity contribution in [1.82, 2.24) is 5.32 Å². The molecule has 1 aromatic carbocycles. The van der Waals surface area contributed by atoms with Crippen LogP contribution in [0.2, 0.25) is 0 Å². The predicted octanol–water partition coefficient (Wildman–Crippen LogP) is 2.34. The third-order valence-electron chi connectivity index (χ3n) is 3.26. The first-order chi connectivity index (χ1) is 8.15. The first-order valence-corrected chi connectivity index (χ1v) is 7.07. The monoisotopic (exact) mass is 255 g/mol. The van der Waals surface area contributed by atoms with Crippen molar-refractivity contribution in [2.45, 2.75) is 23.7 Å². The molecular formula is C13H18FNOS. The molecule has 4 heteroatoms. The van der Waals surface area contributed by atoms with Gasteiger partial charge in [0.05, 0.1) is 6.10 Å².